The molecule has 3 rings (SSSR count). The maximum absolute atomic E-state index is 12.8. The fourth-order valence-corrected chi connectivity index (χ4v) is 3.80. The van der Waals surface area contributed by atoms with E-state index in [1.165, 1.54) is 4.90 Å². The number of anilines is 1. The lowest BCUT2D eigenvalue weighted by Crippen LogP contribution is -2.39. The second-order valence-corrected chi connectivity index (χ2v) is 8.16. The van der Waals surface area contributed by atoms with Gasteiger partial charge >= 0.3 is 0 Å². The highest BCUT2D eigenvalue weighted by molar-refractivity contribution is 6.31. The van der Waals surface area contributed by atoms with Crippen molar-refractivity contribution in [3.05, 3.63) is 64.2 Å². The number of halogens is 1. The Morgan fingerprint density at radius 2 is 1.90 bits per heavy atom. The first-order chi connectivity index (χ1) is 14.3. The summed E-state index contributed by atoms with van der Waals surface area (Å²) >= 11 is 6.19. The molecule has 1 heterocycles. The summed E-state index contributed by atoms with van der Waals surface area (Å²) in [5.41, 5.74) is 3.67. The molecule has 30 heavy (non-hydrogen) atoms. The lowest BCUT2D eigenvalue weighted by molar-refractivity contribution is -0.137. The van der Waals surface area contributed by atoms with Crippen molar-refractivity contribution in [3.8, 4) is 0 Å². The number of benzene rings is 2. The third-order valence-corrected chi connectivity index (χ3v) is 5.89. The number of hydrogen-bond donors (Lipinski definition) is 1. The maximum atomic E-state index is 12.8. The number of nitrogens with zero attached hydrogens (tertiary/aromatic N) is 2. The van der Waals surface area contributed by atoms with Gasteiger partial charge in [-0.25, -0.2) is 0 Å². The molecule has 1 N–H and O–H groups in total. The van der Waals surface area contributed by atoms with Gasteiger partial charge < -0.3 is 15.1 Å². The lowest BCUT2D eigenvalue weighted by Gasteiger charge is -2.21. The van der Waals surface area contributed by atoms with E-state index in [1.54, 1.807) is 18.0 Å². The van der Waals surface area contributed by atoms with Gasteiger partial charge in [-0.1, -0.05) is 41.9 Å². The van der Waals surface area contributed by atoms with Crippen molar-refractivity contribution in [1.82, 2.24) is 9.80 Å². The van der Waals surface area contributed by atoms with Gasteiger partial charge in [-0.3, -0.25) is 14.4 Å². The van der Waals surface area contributed by atoms with E-state index in [2.05, 4.69) is 5.32 Å². The fraction of sp³-hybridized carbons (Fsp3) is 0.348. The Labute approximate surface area is 181 Å². The molecule has 0 radical (unpaired) electrons. The van der Waals surface area contributed by atoms with E-state index in [0.29, 0.717) is 18.1 Å². The zero-order valence-electron chi connectivity index (χ0n) is 17.4. The SMILES string of the molecule is Cc1cccc(NC(=O)CN(C)C(=O)[C@H]2CC(=O)N(Cc3ccccc3Cl)C2)c1C. The number of carbonyl (C=O) groups excluding carboxylic acids is 3. The van der Waals surface area contributed by atoms with Crippen LogP contribution in [0, 0.1) is 19.8 Å². The third kappa shape index (κ3) is 5.00. The predicted octanol–water partition coefficient (Wildman–Crippen LogP) is 3.40. The van der Waals surface area contributed by atoms with Gasteiger partial charge in [0.05, 0.1) is 12.5 Å². The molecule has 0 saturated carbocycles. The highest BCUT2D eigenvalue weighted by Gasteiger charge is 2.36. The quantitative estimate of drug-likeness (QED) is 0.768. The molecule has 0 spiro atoms. The lowest BCUT2D eigenvalue weighted by atomic mass is 10.1. The second kappa shape index (κ2) is 9.30. The minimum Gasteiger partial charge on any atom is -0.337 e. The molecule has 1 saturated heterocycles. The maximum Gasteiger partial charge on any atom is 0.243 e. The van der Waals surface area contributed by atoms with Crippen LogP contribution in [0.25, 0.3) is 0 Å². The average molecular weight is 428 g/mol. The van der Waals surface area contributed by atoms with Gasteiger partial charge in [0, 0.05) is 37.3 Å². The van der Waals surface area contributed by atoms with E-state index in [0.717, 1.165) is 22.4 Å². The van der Waals surface area contributed by atoms with E-state index in [9.17, 15) is 14.4 Å². The molecule has 1 aliphatic heterocycles. The molecule has 1 fully saturated rings. The Bertz CT molecular complexity index is 976. The largest absolute Gasteiger partial charge is 0.337 e. The molecule has 7 heteroatoms. The first kappa shape index (κ1) is 21.8. The molecule has 0 unspecified atom stereocenters. The standard InChI is InChI=1S/C23H26ClN3O3/c1-15-7-6-10-20(16(15)2)25-21(28)14-26(3)23(30)18-11-22(29)27(13-18)12-17-8-4-5-9-19(17)24/h4-10,18H,11-14H2,1-3H3,(H,25,28)/t18-/m0/s1. The van der Waals surface area contributed by atoms with Crippen LogP contribution >= 0.6 is 11.6 Å². The number of rotatable bonds is 6. The molecular weight excluding hydrogens is 402 g/mol. The van der Waals surface area contributed by atoms with Gasteiger partial charge in [-0.15, -0.1) is 0 Å². The monoisotopic (exact) mass is 427 g/mol. The number of amides is 3. The highest BCUT2D eigenvalue weighted by atomic mass is 35.5. The van der Waals surface area contributed by atoms with Crippen molar-refractivity contribution in [1.29, 1.82) is 0 Å². The van der Waals surface area contributed by atoms with Crippen LogP contribution in [0.1, 0.15) is 23.1 Å². The van der Waals surface area contributed by atoms with Gasteiger partial charge in [-0.2, -0.15) is 0 Å². The molecule has 2 aromatic carbocycles. The Balaban J connectivity index is 1.57. The molecular formula is C23H26ClN3O3. The molecule has 6 nitrogen and oxygen atoms in total. The summed E-state index contributed by atoms with van der Waals surface area (Å²) in [4.78, 5) is 40.6. The number of nitrogens with one attached hydrogen (secondary N) is 1. The third-order valence-electron chi connectivity index (χ3n) is 5.52. The van der Waals surface area contributed by atoms with E-state index < -0.39 is 5.92 Å². The molecule has 3 amide bonds. The van der Waals surface area contributed by atoms with Crippen LogP contribution in [0.3, 0.4) is 0 Å². The Kier molecular flexibility index (Phi) is 6.77. The number of aryl methyl sites for hydroxylation is 1. The predicted molar refractivity (Wildman–Crippen MR) is 117 cm³/mol. The normalized spacial score (nSPS) is 15.9. The van der Waals surface area contributed by atoms with E-state index in [-0.39, 0.29) is 30.7 Å². The molecule has 158 valence electrons. The van der Waals surface area contributed by atoms with E-state index >= 15 is 0 Å². The average Bonchev–Trinajstić information content (AvgIpc) is 3.07. The van der Waals surface area contributed by atoms with Crippen LogP contribution in [0.15, 0.2) is 42.5 Å². The molecule has 1 atom stereocenters. The van der Waals surface area contributed by atoms with Crippen LogP contribution in [0.2, 0.25) is 5.02 Å². The topological polar surface area (TPSA) is 69.7 Å². The van der Waals surface area contributed by atoms with Crippen LogP contribution < -0.4 is 5.32 Å². The summed E-state index contributed by atoms with van der Waals surface area (Å²) < 4.78 is 0. The summed E-state index contributed by atoms with van der Waals surface area (Å²) in [7, 11) is 1.59. The summed E-state index contributed by atoms with van der Waals surface area (Å²) in [6.45, 7) is 4.55. The van der Waals surface area contributed by atoms with Crippen molar-refractivity contribution in [3.63, 3.8) is 0 Å². The molecule has 0 bridgehead atoms. The summed E-state index contributed by atoms with van der Waals surface area (Å²) in [6.07, 6.45) is 0.145. The Morgan fingerprint density at radius 3 is 2.63 bits per heavy atom. The van der Waals surface area contributed by atoms with E-state index in [1.807, 2.05) is 50.2 Å². The van der Waals surface area contributed by atoms with Crippen molar-refractivity contribution in [2.45, 2.75) is 26.8 Å². The Morgan fingerprint density at radius 1 is 1.17 bits per heavy atom. The van der Waals surface area contributed by atoms with Crippen LogP contribution in [0.5, 0.6) is 0 Å². The first-order valence-electron chi connectivity index (χ1n) is 9.88. The van der Waals surface area contributed by atoms with E-state index in [4.69, 9.17) is 11.6 Å². The van der Waals surface area contributed by atoms with Crippen molar-refractivity contribution < 1.29 is 14.4 Å². The smallest absolute Gasteiger partial charge is 0.243 e. The van der Waals surface area contributed by atoms with Gasteiger partial charge in [-0.05, 0) is 42.7 Å². The zero-order chi connectivity index (χ0) is 21.8. The molecule has 1 aliphatic rings. The second-order valence-electron chi connectivity index (χ2n) is 7.76. The van der Waals surface area contributed by atoms with Crippen LogP contribution in [0.4, 0.5) is 5.69 Å². The van der Waals surface area contributed by atoms with Crippen molar-refractivity contribution in [2.24, 2.45) is 5.92 Å². The number of likely N-dealkylation sites (N-methyl/N-ethyl adjacent to an activating group) is 1. The van der Waals surface area contributed by atoms with Crippen molar-refractivity contribution >= 4 is 35.0 Å². The van der Waals surface area contributed by atoms with Gasteiger partial charge in [0.2, 0.25) is 17.7 Å². The van der Waals surface area contributed by atoms with Gasteiger partial charge in [0.1, 0.15) is 0 Å². The zero-order valence-corrected chi connectivity index (χ0v) is 18.2. The van der Waals surface area contributed by atoms with Crippen LogP contribution in [-0.4, -0.2) is 47.7 Å². The number of carbonyl (C=O) groups is 3. The fourth-order valence-electron chi connectivity index (χ4n) is 3.60. The molecule has 0 aliphatic carbocycles. The van der Waals surface area contributed by atoms with Crippen LogP contribution in [-0.2, 0) is 20.9 Å². The van der Waals surface area contributed by atoms with Gasteiger partial charge in [0.15, 0.2) is 0 Å². The van der Waals surface area contributed by atoms with Gasteiger partial charge in [0.25, 0.3) is 0 Å². The molecule has 0 aromatic heterocycles. The Hall–Kier alpha value is -2.86. The minimum absolute atomic E-state index is 0.0680. The summed E-state index contributed by atoms with van der Waals surface area (Å²) in [5.74, 6) is -1.02. The minimum atomic E-state index is -0.460. The number of likely N-dealkylation sites (tertiary alicyclic amines) is 1. The molecule has 2 aromatic rings. The highest BCUT2D eigenvalue weighted by Crippen LogP contribution is 2.25. The first-order valence-corrected chi connectivity index (χ1v) is 10.3. The number of hydrogen-bond acceptors (Lipinski definition) is 3. The van der Waals surface area contributed by atoms with Crippen molar-refractivity contribution in [2.75, 3.05) is 25.5 Å². The summed E-state index contributed by atoms with van der Waals surface area (Å²) in [5, 5.41) is 3.46. The summed E-state index contributed by atoms with van der Waals surface area (Å²) in [6, 6.07) is 13.0.